The maximum Gasteiger partial charge on any atom is 0.308 e. The van der Waals surface area contributed by atoms with Crippen LogP contribution in [0.25, 0.3) is 11.5 Å². The molecule has 5 rings (SSSR count). The summed E-state index contributed by atoms with van der Waals surface area (Å²) in [7, 11) is 0. The molecule has 0 amide bonds. The van der Waals surface area contributed by atoms with E-state index in [1.807, 2.05) is 31.2 Å². The number of ether oxygens (including phenoxy) is 4. The van der Waals surface area contributed by atoms with Gasteiger partial charge in [0.05, 0.1) is 46.1 Å². The molecule has 0 radical (unpaired) electrons. The summed E-state index contributed by atoms with van der Waals surface area (Å²) < 4.78 is 21.6. The number of nitrogens with one attached hydrogen (secondary N) is 1. The van der Waals surface area contributed by atoms with Crippen molar-refractivity contribution in [3.63, 3.8) is 0 Å². The summed E-state index contributed by atoms with van der Waals surface area (Å²) in [6.45, 7) is 8.05. The Morgan fingerprint density at radius 3 is 2.35 bits per heavy atom. The van der Waals surface area contributed by atoms with E-state index in [4.69, 9.17) is 28.9 Å². The second-order valence-electron chi connectivity index (χ2n) is 10.9. The van der Waals surface area contributed by atoms with Crippen LogP contribution in [0.3, 0.4) is 0 Å². The number of aromatic nitrogens is 3. The third-order valence-corrected chi connectivity index (χ3v) is 7.82. The summed E-state index contributed by atoms with van der Waals surface area (Å²) in [5.41, 5.74) is 3.57. The number of nitrogens with zero attached hydrogens (tertiary/aromatic N) is 4. The van der Waals surface area contributed by atoms with Crippen molar-refractivity contribution in [2.75, 3.05) is 76.1 Å². The van der Waals surface area contributed by atoms with Gasteiger partial charge < -0.3 is 29.2 Å². The topological polar surface area (TPSA) is 108 Å². The molecule has 43 heavy (non-hydrogen) atoms. The van der Waals surface area contributed by atoms with Crippen LogP contribution in [0.1, 0.15) is 30.9 Å². The lowest BCUT2D eigenvalue weighted by Gasteiger charge is -2.22. The number of esters is 1. The number of carbonyl (C=O) groups is 1. The van der Waals surface area contributed by atoms with Gasteiger partial charge in [-0.25, -0.2) is 9.97 Å². The number of carbonyl (C=O) groups excluding carboxylic acids is 1. The first-order valence-electron chi connectivity index (χ1n) is 15.4. The second-order valence-corrected chi connectivity index (χ2v) is 10.9. The molecule has 2 atom stereocenters. The minimum atomic E-state index is -0.226. The van der Waals surface area contributed by atoms with Crippen LogP contribution in [0.2, 0.25) is 0 Å². The van der Waals surface area contributed by atoms with Gasteiger partial charge in [-0.15, -0.1) is 0 Å². The molecule has 2 aromatic heterocycles. The highest BCUT2D eigenvalue weighted by atomic mass is 16.5. The molecule has 3 heterocycles. The van der Waals surface area contributed by atoms with Gasteiger partial charge in [0.1, 0.15) is 17.3 Å². The lowest BCUT2D eigenvalue weighted by molar-refractivity contribution is -0.145. The number of rotatable bonds is 17. The summed E-state index contributed by atoms with van der Waals surface area (Å²) in [4.78, 5) is 28.7. The molecule has 10 heteroatoms. The van der Waals surface area contributed by atoms with E-state index in [9.17, 15) is 4.79 Å². The monoisotopic (exact) mass is 589 g/mol. The second kappa shape index (κ2) is 16.3. The molecule has 1 saturated carbocycles. The highest BCUT2D eigenvalue weighted by Gasteiger charge is 2.37. The van der Waals surface area contributed by atoms with Crippen molar-refractivity contribution in [2.45, 2.75) is 32.6 Å². The van der Waals surface area contributed by atoms with Crippen molar-refractivity contribution >= 4 is 17.6 Å². The van der Waals surface area contributed by atoms with Crippen molar-refractivity contribution in [1.82, 2.24) is 15.0 Å². The number of anilines is 2. The van der Waals surface area contributed by atoms with Crippen LogP contribution >= 0.6 is 0 Å². The average Bonchev–Trinajstić information content (AvgIpc) is 3.84. The quantitative estimate of drug-likeness (QED) is 0.182. The molecule has 1 fully saturated rings. The normalized spacial score (nSPS) is 17.7. The lowest BCUT2D eigenvalue weighted by atomic mass is 10.0. The van der Waals surface area contributed by atoms with Gasteiger partial charge >= 0.3 is 5.97 Å². The molecule has 0 bridgehead atoms. The van der Waals surface area contributed by atoms with Crippen molar-refractivity contribution in [2.24, 2.45) is 11.8 Å². The average molecular weight is 590 g/mol. The van der Waals surface area contributed by atoms with Crippen LogP contribution in [0.5, 0.6) is 0 Å². The fourth-order valence-corrected chi connectivity index (χ4v) is 5.21. The maximum atomic E-state index is 12.1. The summed E-state index contributed by atoms with van der Waals surface area (Å²) >= 11 is 0. The van der Waals surface area contributed by atoms with Crippen molar-refractivity contribution < 1.29 is 23.7 Å². The Hall–Kier alpha value is -3.60. The Kier molecular flexibility index (Phi) is 11.7. The van der Waals surface area contributed by atoms with Gasteiger partial charge in [-0.2, -0.15) is 0 Å². The molecule has 2 aliphatic rings. The zero-order valence-electron chi connectivity index (χ0n) is 25.1. The molecule has 1 aliphatic carbocycles. The highest BCUT2D eigenvalue weighted by molar-refractivity contribution is 5.69. The Balaban J connectivity index is 1.07. The summed E-state index contributed by atoms with van der Waals surface area (Å²) in [5.74, 6) is 2.87. The first-order valence-corrected chi connectivity index (χ1v) is 15.4. The zero-order valence-corrected chi connectivity index (χ0v) is 25.1. The minimum absolute atomic E-state index is 0.226. The number of benzene rings is 1. The van der Waals surface area contributed by atoms with Crippen molar-refractivity contribution in [3.8, 4) is 11.5 Å². The molecular formula is C33H43N5O5. The van der Waals surface area contributed by atoms with E-state index in [0.717, 1.165) is 56.2 Å². The number of pyridine rings is 1. The van der Waals surface area contributed by atoms with Crippen molar-refractivity contribution in [3.05, 3.63) is 65.9 Å². The summed E-state index contributed by atoms with van der Waals surface area (Å²) in [5, 5.41) is 3.53. The van der Waals surface area contributed by atoms with Crippen molar-refractivity contribution in [1.29, 1.82) is 0 Å². The molecule has 10 nitrogen and oxygen atoms in total. The van der Waals surface area contributed by atoms with Gasteiger partial charge in [0.25, 0.3) is 0 Å². The van der Waals surface area contributed by atoms with Gasteiger partial charge in [0.15, 0.2) is 5.82 Å². The fraction of sp³-hybridized carbons (Fsp3) is 0.515. The molecular weight excluding hydrogens is 546 g/mol. The van der Waals surface area contributed by atoms with Gasteiger partial charge in [-0.3, -0.25) is 9.78 Å². The maximum absolute atomic E-state index is 12.1. The first kappa shape index (κ1) is 30.8. The molecule has 1 N–H and O–H groups in total. The van der Waals surface area contributed by atoms with Gasteiger partial charge in [0, 0.05) is 38.5 Å². The standard InChI is InChI=1S/C33H43N5O5/c1-2-40-17-18-42-20-19-41-16-12-32(39)43-24-28-21-27(28)23-35-30-22-31(37-33(36-30)29-9-5-6-13-34-29)38-14-10-25-7-3-4-8-26(25)11-15-38/h3-9,13,22,27-28H,2,10-12,14-21,23-24H2,1H3,(H,35,36,37). The van der Waals surface area contributed by atoms with E-state index in [-0.39, 0.29) is 12.4 Å². The van der Waals surface area contributed by atoms with Crippen LogP contribution in [-0.2, 0) is 36.6 Å². The Morgan fingerprint density at radius 2 is 1.63 bits per heavy atom. The predicted octanol–water partition coefficient (Wildman–Crippen LogP) is 4.19. The van der Waals surface area contributed by atoms with E-state index >= 15 is 0 Å². The van der Waals surface area contributed by atoms with E-state index in [1.165, 1.54) is 11.1 Å². The SMILES string of the molecule is CCOCCOCCOCCC(=O)OCC1CC1CNc1cc(N2CCc3ccccc3CC2)nc(-c2ccccn2)n1. The fourth-order valence-electron chi connectivity index (χ4n) is 5.21. The Morgan fingerprint density at radius 1 is 0.907 bits per heavy atom. The van der Waals surface area contributed by atoms with E-state index in [2.05, 4.69) is 39.5 Å². The van der Waals surface area contributed by atoms with Gasteiger partial charge in [0.2, 0.25) is 0 Å². The van der Waals surface area contributed by atoms with Gasteiger partial charge in [-0.05, 0) is 61.3 Å². The van der Waals surface area contributed by atoms with Crippen LogP contribution < -0.4 is 10.2 Å². The Bertz CT molecular complexity index is 1270. The van der Waals surface area contributed by atoms with Crippen LogP contribution in [0.4, 0.5) is 11.6 Å². The molecule has 1 aliphatic heterocycles. The summed E-state index contributed by atoms with van der Waals surface area (Å²) in [6.07, 6.45) is 5.00. The third-order valence-electron chi connectivity index (χ3n) is 7.82. The molecule has 0 spiro atoms. The van der Waals surface area contributed by atoms with E-state index < -0.39 is 0 Å². The molecule has 230 valence electrons. The number of hydrogen-bond donors (Lipinski definition) is 1. The predicted molar refractivity (Wildman–Crippen MR) is 165 cm³/mol. The van der Waals surface area contributed by atoms with E-state index in [1.54, 1.807) is 6.20 Å². The van der Waals surface area contributed by atoms with Crippen LogP contribution in [0.15, 0.2) is 54.7 Å². The molecule has 0 saturated heterocycles. The largest absolute Gasteiger partial charge is 0.465 e. The minimum Gasteiger partial charge on any atom is -0.465 e. The lowest BCUT2D eigenvalue weighted by Crippen LogP contribution is -2.27. The zero-order chi connectivity index (χ0) is 29.7. The molecule has 3 aromatic rings. The molecule has 1 aromatic carbocycles. The highest BCUT2D eigenvalue weighted by Crippen LogP contribution is 2.39. The third kappa shape index (κ3) is 9.71. The first-order chi connectivity index (χ1) is 21.2. The summed E-state index contributed by atoms with van der Waals surface area (Å²) in [6, 6.07) is 16.5. The van der Waals surface area contributed by atoms with Gasteiger partial charge in [-0.1, -0.05) is 30.3 Å². The van der Waals surface area contributed by atoms with E-state index in [0.29, 0.717) is 63.9 Å². The number of hydrogen-bond acceptors (Lipinski definition) is 10. The Labute approximate surface area is 254 Å². The molecule has 2 unspecified atom stereocenters. The number of fused-ring (bicyclic) bond motifs is 1. The van der Waals surface area contributed by atoms with Crippen LogP contribution in [0, 0.1) is 11.8 Å². The van der Waals surface area contributed by atoms with Crippen LogP contribution in [-0.4, -0.2) is 86.8 Å². The smallest absolute Gasteiger partial charge is 0.308 e.